The number of halogens is 1. The molecule has 0 aliphatic carbocycles. The molecule has 21 heavy (non-hydrogen) atoms. The largest absolute Gasteiger partial charge is 0.493 e. The fourth-order valence-electron chi connectivity index (χ4n) is 1.88. The molecule has 1 N–H and O–H groups in total. The van der Waals surface area contributed by atoms with Crippen LogP contribution in [0.1, 0.15) is 0 Å². The summed E-state index contributed by atoms with van der Waals surface area (Å²) >= 11 is 0. The first kappa shape index (κ1) is 15.0. The predicted octanol–water partition coefficient (Wildman–Crippen LogP) is 3.33. The second-order valence-electron chi connectivity index (χ2n) is 4.27. The number of para-hydroxylation sites is 1. The summed E-state index contributed by atoms with van der Waals surface area (Å²) in [5, 5.41) is 3.14. The summed E-state index contributed by atoms with van der Waals surface area (Å²) in [6.07, 6.45) is 0. The van der Waals surface area contributed by atoms with E-state index in [1.165, 1.54) is 12.1 Å². The van der Waals surface area contributed by atoms with Crippen molar-refractivity contribution in [2.45, 2.75) is 0 Å². The first-order valence-corrected chi connectivity index (χ1v) is 6.58. The fourth-order valence-corrected chi connectivity index (χ4v) is 1.88. The molecule has 0 atom stereocenters. The van der Waals surface area contributed by atoms with Gasteiger partial charge in [0, 0.05) is 12.2 Å². The average Bonchev–Trinajstić information content (AvgIpc) is 2.53. The Hall–Kier alpha value is -2.43. The fraction of sp³-hybridized carbons (Fsp3) is 0.250. The summed E-state index contributed by atoms with van der Waals surface area (Å²) < 4.78 is 29.0. The van der Waals surface area contributed by atoms with Crippen LogP contribution in [0, 0.1) is 5.82 Å². The van der Waals surface area contributed by atoms with Gasteiger partial charge in [-0.1, -0.05) is 6.07 Å². The summed E-state index contributed by atoms with van der Waals surface area (Å²) in [6.45, 7) is 1.00. The first-order valence-electron chi connectivity index (χ1n) is 6.58. The van der Waals surface area contributed by atoms with Crippen LogP contribution >= 0.6 is 0 Å². The monoisotopic (exact) mass is 291 g/mol. The zero-order chi connectivity index (χ0) is 15.1. The van der Waals surface area contributed by atoms with Crippen LogP contribution in [-0.2, 0) is 0 Å². The molecule has 0 heterocycles. The van der Waals surface area contributed by atoms with E-state index in [0.717, 1.165) is 5.69 Å². The Balaban J connectivity index is 1.90. The summed E-state index contributed by atoms with van der Waals surface area (Å²) in [7, 11) is 3.16. The van der Waals surface area contributed by atoms with Crippen LogP contribution in [0.4, 0.5) is 10.1 Å². The molecule has 0 aromatic heterocycles. The normalized spacial score (nSPS) is 10.0. The molecule has 112 valence electrons. The Bertz CT molecular complexity index is 550. The lowest BCUT2D eigenvalue weighted by Crippen LogP contribution is -2.12. The Morgan fingerprint density at radius 3 is 2.14 bits per heavy atom. The molecule has 0 aliphatic rings. The van der Waals surface area contributed by atoms with Crippen LogP contribution in [0.5, 0.6) is 17.2 Å². The van der Waals surface area contributed by atoms with Gasteiger partial charge in [-0.05, 0) is 36.4 Å². The minimum atomic E-state index is -0.254. The average molecular weight is 291 g/mol. The number of rotatable bonds is 7. The van der Waals surface area contributed by atoms with Gasteiger partial charge in [-0.2, -0.15) is 0 Å². The molecule has 2 aromatic carbocycles. The maximum absolute atomic E-state index is 12.8. The molecule has 2 aromatic rings. The maximum Gasteiger partial charge on any atom is 0.203 e. The molecule has 2 rings (SSSR count). The summed E-state index contributed by atoms with van der Waals surface area (Å²) in [4.78, 5) is 0. The molecule has 5 heteroatoms. The number of ether oxygens (including phenoxy) is 3. The zero-order valence-electron chi connectivity index (χ0n) is 12.1. The minimum absolute atomic E-state index is 0.254. The van der Waals surface area contributed by atoms with Crippen molar-refractivity contribution in [2.24, 2.45) is 0 Å². The molecule has 4 nitrogen and oxygen atoms in total. The molecular weight excluding hydrogens is 273 g/mol. The van der Waals surface area contributed by atoms with E-state index in [9.17, 15) is 4.39 Å². The lowest BCUT2D eigenvalue weighted by molar-refractivity contribution is 0.284. The van der Waals surface area contributed by atoms with Crippen molar-refractivity contribution < 1.29 is 18.6 Å². The van der Waals surface area contributed by atoms with E-state index in [0.29, 0.717) is 30.4 Å². The van der Waals surface area contributed by atoms with Gasteiger partial charge < -0.3 is 19.5 Å². The second-order valence-corrected chi connectivity index (χ2v) is 4.27. The quantitative estimate of drug-likeness (QED) is 0.794. The highest BCUT2D eigenvalue weighted by molar-refractivity contribution is 5.51. The third kappa shape index (κ3) is 4.02. The standard InChI is InChI=1S/C16H18FNO3/c1-19-14-4-3-5-15(20-2)16(14)21-11-10-18-13-8-6-12(17)7-9-13/h3-9,18H,10-11H2,1-2H3. The van der Waals surface area contributed by atoms with Crippen molar-refractivity contribution in [3.05, 3.63) is 48.3 Å². The second kappa shape index (κ2) is 7.38. The van der Waals surface area contributed by atoms with E-state index in [2.05, 4.69) is 5.32 Å². The van der Waals surface area contributed by atoms with Gasteiger partial charge in [0.25, 0.3) is 0 Å². The molecule has 0 saturated heterocycles. The van der Waals surface area contributed by atoms with Crippen LogP contribution in [0.2, 0.25) is 0 Å². The highest BCUT2D eigenvalue weighted by Crippen LogP contribution is 2.36. The van der Waals surface area contributed by atoms with Crippen molar-refractivity contribution in [2.75, 3.05) is 32.7 Å². The summed E-state index contributed by atoms with van der Waals surface area (Å²) in [5.41, 5.74) is 0.840. The Morgan fingerprint density at radius 2 is 1.57 bits per heavy atom. The van der Waals surface area contributed by atoms with Crippen LogP contribution in [0.15, 0.2) is 42.5 Å². The van der Waals surface area contributed by atoms with E-state index in [4.69, 9.17) is 14.2 Å². The number of methoxy groups -OCH3 is 2. The van der Waals surface area contributed by atoms with Crippen LogP contribution < -0.4 is 19.5 Å². The number of nitrogens with one attached hydrogen (secondary N) is 1. The van der Waals surface area contributed by atoms with Crippen molar-refractivity contribution >= 4 is 5.69 Å². The Kier molecular flexibility index (Phi) is 5.26. The van der Waals surface area contributed by atoms with E-state index in [1.807, 2.05) is 18.2 Å². The van der Waals surface area contributed by atoms with E-state index in [1.54, 1.807) is 26.4 Å². The molecule has 0 radical (unpaired) electrons. The van der Waals surface area contributed by atoms with Gasteiger partial charge >= 0.3 is 0 Å². The summed E-state index contributed by atoms with van der Waals surface area (Å²) in [6, 6.07) is 11.6. The van der Waals surface area contributed by atoms with Crippen molar-refractivity contribution in [3.8, 4) is 17.2 Å². The lowest BCUT2D eigenvalue weighted by Gasteiger charge is -2.14. The molecule has 0 fully saturated rings. The molecule has 0 bridgehead atoms. The van der Waals surface area contributed by atoms with Gasteiger partial charge in [0.2, 0.25) is 5.75 Å². The maximum atomic E-state index is 12.8. The number of hydrogen-bond acceptors (Lipinski definition) is 4. The van der Waals surface area contributed by atoms with Crippen LogP contribution in [0.3, 0.4) is 0 Å². The van der Waals surface area contributed by atoms with Gasteiger partial charge in [-0.25, -0.2) is 4.39 Å². The number of benzene rings is 2. The third-order valence-electron chi connectivity index (χ3n) is 2.90. The Labute approximate surface area is 123 Å². The predicted molar refractivity (Wildman–Crippen MR) is 79.9 cm³/mol. The molecule has 0 amide bonds. The summed E-state index contributed by atoms with van der Waals surface area (Å²) in [5.74, 6) is 1.56. The van der Waals surface area contributed by atoms with Crippen molar-refractivity contribution in [3.63, 3.8) is 0 Å². The van der Waals surface area contributed by atoms with Gasteiger partial charge in [0.15, 0.2) is 11.5 Å². The zero-order valence-corrected chi connectivity index (χ0v) is 12.1. The molecule has 0 aliphatic heterocycles. The smallest absolute Gasteiger partial charge is 0.203 e. The molecule has 0 spiro atoms. The van der Waals surface area contributed by atoms with Crippen molar-refractivity contribution in [1.29, 1.82) is 0 Å². The van der Waals surface area contributed by atoms with E-state index < -0.39 is 0 Å². The lowest BCUT2D eigenvalue weighted by atomic mass is 10.3. The SMILES string of the molecule is COc1cccc(OC)c1OCCNc1ccc(F)cc1. The third-order valence-corrected chi connectivity index (χ3v) is 2.90. The highest BCUT2D eigenvalue weighted by atomic mass is 19.1. The molecule has 0 saturated carbocycles. The van der Waals surface area contributed by atoms with Crippen molar-refractivity contribution in [1.82, 2.24) is 0 Å². The van der Waals surface area contributed by atoms with Gasteiger partial charge in [-0.3, -0.25) is 0 Å². The highest BCUT2D eigenvalue weighted by Gasteiger charge is 2.10. The number of anilines is 1. The molecular formula is C16H18FNO3. The van der Waals surface area contributed by atoms with E-state index >= 15 is 0 Å². The minimum Gasteiger partial charge on any atom is -0.493 e. The topological polar surface area (TPSA) is 39.7 Å². The van der Waals surface area contributed by atoms with Crippen LogP contribution in [0.25, 0.3) is 0 Å². The van der Waals surface area contributed by atoms with E-state index in [-0.39, 0.29) is 5.82 Å². The number of hydrogen-bond donors (Lipinski definition) is 1. The van der Waals surface area contributed by atoms with Gasteiger partial charge in [0.1, 0.15) is 12.4 Å². The van der Waals surface area contributed by atoms with Gasteiger partial charge in [-0.15, -0.1) is 0 Å². The first-order chi connectivity index (χ1) is 10.2. The molecule has 0 unspecified atom stereocenters. The van der Waals surface area contributed by atoms with Gasteiger partial charge in [0.05, 0.1) is 14.2 Å². The van der Waals surface area contributed by atoms with Crippen LogP contribution in [-0.4, -0.2) is 27.4 Å². The Morgan fingerprint density at radius 1 is 0.952 bits per heavy atom.